The number of benzene rings is 3. The van der Waals surface area contributed by atoms with E-state index in [0.29, 0.717) is 20.8 Å². The number of hydrogen-bond acceptors (Lipinski definition) is 6. The first-order chi connectivity index (χ1) is 46.1. The maximum Gasteiger partial charge on any atom is 0.530 e. The molecule has 0 bridgehead atoms. The third kappa shape index (κ3) is 14.3. The number of aryl methyl sites for hydroxylation is 3. The van der Waals surface area contributed by atoms with Crippen molar-refractivity contribution in [3.8, 4) is 28.7 Å². The summed E-state index contributed by atoms with van der Waals surface area (Å²) >= 11 is 0. The van der Waals surface area contributed by atoms with Crippen molar-refractivity contribution in [2.24, 2.45) is 0 Å². The molecule has 0 spiro atoms. The number of halogens is 51. The fourth-order valence-electron chi connectivity index (χ4n) is 7.16. The van der Waals surface area contributed by atoms with Crippen LogP contribution in [0, 0.1) is 20.8 Å². The van der Waals surface area contributed by atoms with Crippen LogP contribution in [0.3, 0.4) is 0 Å². The van der Waals surface area contributed by atoms with Gasteiger partial charge in [0.1, 0.15) is 28.7 Å². The molecule has 0 fully saturated rings. The van der Waals surface area contributed by atoms with Crippen LogP contribution in [-0.4, -0.2) is 156 Å². The van der Waals surface area contributed by atoms with Gasteiger partial charge in [-0.15, -0.1) is 0 Å². The molecule has 0 N–H and O–H groups in total. The molecule has 0 aliphatic carbocycles. The predicted octanol–water partition coefficient (Wildman–Crippen LogP) is 22.6. The molecular formula is C48H24F51O6P. The van der Waals surface area contributed by atoms with Crippen LogP contribution < -0.4 is 23.0 Å². The van der Waals surface area contributed by atoms with E-state index in [1.165, 1.54) is 0 Å². The van der Waals surface area contributed by atoms with Gasteiger partial charge in [-0.3, -0.25) is 0 Å². The zero-order chi connectivity index (χ0) is 84.5. The van der Waals surface area contributed by atoms with Gasteiger partial charge < -0.3 is 27.8 Å². The van der Waals surface area contributed by atoms with Gasteiger partial charge >= 0.3 is 152 Å². The second-order valence-corrected chi connectivity index (χ2v) is 22.1. The van der Waals surface area contributed by atoms with Crippen LogP contribution in [0.4, 0.5) is 224 Å². The first-order valence-electron chi connectivity index (χ1n) is 25.3. The van der Waals surface area contributed by atoms with Gasteiger partial charge in [-0.2, -0.15) is 224 Å². The largest absolute Gasteiger partial charge is 0.530 e. The molecule has 614 valence electrons. The minimum atomic E-state index is -9.09. The van der Waals surface area contributed by atoms with E-state index >= 15 is 0 Å². The van der Waals surface area contributed by atoms with E-state index in [1.54, 1.807) is 0 Å². The van der Waals surface area contributed by atoms with Gasteiger partial charge in [0.2, 0.25) is 0 Å². The summed E-state index contributed by atoms with van der Waals surface area (Å²) in [5.41, 5.74) is -3.96. The molecule has 0 aromatic heterocycles. The van der Waals surface area contributed by atoms with E-state index in [2.05, 4.69) is 14.2 Å². The fraction of sp³-hybridized carbons (Fsp3) is 0.625. The minimum Gasteiger partial charge on any atom is -0.487 e. The normalized spacial score (nSPS) is 15.7. The maximum atomic E-state index is 14.7. The second kappa shape index (κ2) is 27.2. The van der Waals surface area contributed by atoms with Crippen molar-refractivity contribution < 1.29 is 252 Å². The molecule has 0 radical (unpaired) electrons. The molecule has 6 nitrogen and oxygen atoms in total. The van der Waals surface area contributed by atoms with Crippen molar-refractivity contribution in [2.75, 3.05) is 13.2 Å². The van der Waals surface area contributed by atoms with Crippen molar-refractivity contribution in [1.82, 2.24) is 0 Å². The summed E-state index contributed by atoms with van der Waals surface area (Å²) in [6, 6.07) is 1.12. The van der Waals surface area contributed by atoms with Crippen LogP contribution in [-0.2, 0) is 11.3 Å². The zero-order valence-electron chi connectivity index (χ0n) is 49.0. The summed E-state index contributed by atoms with van der Waals surface area (Å²) in [5, 5.41) is 0. The summed E-state index contributed by atoms with van der Waals surface area (Å²) in [6.07, 6.45) is -31.9. The Morgan fingerprint density at radius 3 is 0.679 bits per heavy atom. The number of rotatable bonds is 33. The number of alkyl halides is 51. The van der Waals surface area contributed by atoms with Crippen molar-refractivity contribution in [3.05, 3.63) is 76.9 Å². The predicted molar refractivity (Wildman–Crippen MR) is 240 cm³/mol. The molecule has 0 saturated carbocycles. The Balaban J connectivity index is 2.14. The molecule has 0 aliphatic rings. The fourth-order valence-corrected chi connectivity index (χ4v) is 8.37. The lowest BCUT2D eigenvalue weighted by molar-refractivity contribution is -0.478. The van der Waals surface area contributed by atoms with Crippen molar-refractivity contribution in [1.29, 1.82) is 0 Å². The van der Waals surface area contributed by atoms with Gasteiger partial charge in [-0.05, 0) is 85.5 Å². The molecule has 106 heavy (non-hydrogen) atoms. The highest BCUT2D eigenvalue weighted by molar-refractivity contribution is 7.43. The topological polar surface area (TPSA) is 55.4 Å². The van der Waals surface area contributed by atoms with Gasteiger partial charge in [0.25, 0.3) is 0 Å². The molecule has 3 aromatic carbocycles. The average molecular weight is 1700 g/mol. The van der Waals surface area contributed by atoms with Gasteiger partial charge in [0, 0.05) is 0 Å². The van der Waals surface area contributed by atoms with Gasteiger partial charge in [-0.25, -0.2) is 0 Å². The average Bonchev–Trinajstić information content (AvgIpc) is 0.705. The van der Waals surface area contributed by atoms with Crippen LogP contribution in [0.2, 0.25) is 0 Å². The molecule has 3 rings (SSSR count). The van der Waals surface area contributed by atoms with Gasteiger partial charge in [0.05, 0.1) is 6.61 Å². The van der Waals surface area contributed by atoms with Crippen LogP contribution in [0.15, 0.2) is 54.6 Å². The Morgan fingerprint density at radius 1 is 0.245 bits per heavy atom. The highest BCUT2D eigenvalue weighted by Crippen LogP contribution is 2.68. The quantitative estimate of drug-likeness (QED) is 0.0447. The Morgan fingerprint density at radius 2 is 0.453 bits per heavy atom. The lowest BCUT2D eigenvalue weighted by Crippen LogP contribution is -2.74. The zero-order valence-corrected chi connectivity index (χ0v) is 49.9. The molecule has 0 aliphatic heterocycles. The minimum absolute atomic E-state index is 0.0230. The second-order valence-electron chi connectivity index (χ2n) is 21.1. The van der Waals surface area contributed by atoms with E-state index in [9.17, 15) is 224 Å². The van der Waals surface area contributed by atoms with Crippen LogP contribution >= 0.6 is 8.60 Å². The third-order valence-corrected chi connectivity index (χ3v) is 14.6. The van der Waals surface area contributed by atoms with Gasteiger partial charge in [0.15, 0.2) is 13.2 Å². The molecule has 3 aromatic rings. The van der Waals surface area contributed by atoms with E-state index in [1.807, 2.05) is 0 Å². The summed E-state index contributed by atoms with van der Waals surface area (Å²) in [4.78, 5) is 0. The summed E-state index contributed by atoms with van der Waals surface area (Å²) < 4.78 is 730. The Labute approximate surface area is 549 Å². The van der Waals surface area contributed by atoms with Crippen molar-refractivity contribution in [3.63, 3.8) is 0 Å². The Kier molecular flexibility index (Phi) is 24.0. The van der Waals surface area contributed by atoms with Crippen LogP contribution in [0.1, 0.15) is 22.3 Å². The lowest BCUT2D eigenvalue weighted by atomic mass is 9.89. The summed E-state index contributed by atoms with van der Waals surface area (Å²) in [7, 11) is -3.87. The third-order valence-electron chi connectivity index (χ3n) is 13.6. The monoisotopic (exact) mass is 1700 g/mol. The van der Waals surface area contributed by atoms with Crippen LogP contribution in [0.5, 0.6) is 28.7 Å². The van der Waals surface area contributed by atoms with Crippen LogP contribution in [0.25, 0.3) is 0 Å². The molecule has 0 saturated heterocycles. The molecule has 58 heteroatoms. The first kappa shape index (κ1) is 93.7. The van der Waals surface area contributed by atoms with E-state index in [4.69, 9.17) is 13.6 Å². The molecule has 0 unspecified atom stereocenters. The number of hydrogen-bond donors (Lipinski definition) is 0. The van der Waals surface area contributed by atoms with E-state index in [-0.39, 0.29) is 54.6 Å². The lowest BCUT2D eigenvalue weighted by Gasteiger charge is -2.42. The Hall–Kier alpha value is -6.52. The number of ether oxygens (including phenoxy) is 3. The highest BCUT2D eigenvalue weighted by atomic mass is 31.2. The van der Waals surface area contributed by atoms with Crippen molar-refractivity contribution >= 4 is 8.60 Å². The first-order valence-corrected chi connectivity index (χ1v) is 26.4. The summed E-state index contributed by atoms with van der Waals surface area (Å²) in [5.74, 6) is -179. The standard InChI is InChI=1S/C48H24F51O6P/c1-16-10-19(13-102-48(98,99)44(87,88)40(79,80)36(71,72)35(69,70)39(77,78)43(85,86)47(95,96)97)4-7-22(16)103-106(104-23-8-5-20(11-17(23)2)100-14-25(49,50)27(53,54)29(57,58)31(61,62)33(65,66)37(73,74)41(81,82)45(89,90)91)105-24-9-6-21(12-18(24)3)101-15-26(51,52)28(55,56)30(59,60)32(63,64)34(67,68)38(75,76)42(83,84)46(92,93)94/h4-12H,13-15H2,1-3H3. The van der Waals surface area contributed by atoms with Gasteiger partial charge in [-0.1, -0.05) is 12.1 Å². The molecular weight excluding hydrogens is 1670 g/mol. The maximum absolute atomic E-state index is 14.7. The summed E-state index contributed by atoms with van der Waals surface area (Å²) in [6.45, 7) is -8.11. The smallest absolute Gasteiger partial charge is 0.487 e. The SMILES string of the molecule is Cc1cc(COC(F)(F)C(F)(F)C(F)(F)C(F)(F)C(F)(F)C(F)(F)C(F)(F)C(F)(F)F)ccc1OP(Oc1ccc(OCC(F)(F)C(F)(F)C(F)(F)C(F)(F)C(F)(F)C(F)(F)C(F)(F)C(F)(F)F)cc1C)Oc1ccc(OCC(F)(F)C(F)(F)C(F)(F)C(F)(F)C(F)(F)C(F)(F)C(F)(F)C(F)(F)F)cc1C. The van der Waals surface area contributed by atoms with Crippen molar-refractivity contribution in [2.45, 2.75) is 170 Å². The van der Waals surface area contributed by atoms with E-state index in [0.717, 1.165) is 0 Å². The molecule has 0 amide bonds. The molecule has 0 heterocycles. The highest BCUT2D eigenvalue weighted by Gasteiger charge is 2.99. The van der Waals surface area contributed by atoms with E-state index < -0.39 is 223 Å². The Bertz CT molecular complexity index is 3220. The molecule has 0 atom stereocenters.